The Hall–Kier alpha value is -0.710. The van der Waals surface area contributed by atoms with Crippen LogP contribution in [0.4, 0.5) is 0 Å². The highest BCUT2D eigenvalue weighted by Crippen LogP contribution is 2.16. The van der Waals surface area contributed by atoms with Crippen molar-refractivity contribution in [2.24, 2.45) is 0 Å². The number of ether oxygens (including phenoxy) is 2. The highest BCUT2D eigenvalue weighted by atomic mass is 32.2. The molecule has 0 radical (unpaired) electrons. The highest BCUT2D eigenvalue weighted by Gasteiger charge is 2.17. The van der Waals surface area contributed by atoms with E-state index in [-0.39, 0.29) is 11.0 Å². The van der Waals surface area contributed by atoms with E-state index in [0.717, 1.165) is 0 Å². The quantitative estimate of drug-likeness (QED) is 0.470. The van der Waals surface area contributed by atoms with Crippen molar-refractivity contribution in [2.45, 2.75) is 37.1 Å². The van der Waals surface area contributed by atoms with E-state index in [4.69, 9.17) is 9.47 Å². The average Bonchev–Trinajstić information content (AvgIpc) is 2.83. The van der Waals surface area contributed by atoms with E-state index >= 15 is 0 Å². The summed E-state index contributed by atoms with van der Waals surface area (Å²) in [6, 6.07) is 0. The smallest absolute Gasteiger partial charge is 0.209 e. The second-order valence-corrected chi connectivity index (χ2v) is 8.05. The van der Waals surface area contributed by atoms with Crippen LogP contribution in [0.25, 0.3) is 0 Å². The van der Waals surface area contributed by atoms with E-state index < -0.39 is 16.1 Å². The molecule has 1 heterocycles. The van der Waals surface area contributed by atoms with Crippen LogP contribution in [0, 0.1) is 0 Å². The first kappa shape index (κ1) is 17.3. The maximum absolute atomic E-state index is 11.7. The van der Waals surface area contributed by atoms with Gasteiger partial charge in [-0.1, -0.05) is 11.8 Å². The highest BCUT2D eigenvalue weighted by molar-refractivity contribution is 8.00. The van der Waals surface area contributed by atoms with Gasteiger partial charge in [-0.15, -0.1) is 5.10 Å². The first-order valence-electron chi connectivity index (χ1n) is 6.06. The summed E-state index contributed by atoms with van der Waals surface area (Å²) in [5, 5.41) is 11.4. The predicted molar refractivity (Wildman–Crippen MR) is 75.3 cm³/mol. The average molecular weight is 324 g/mol. The molecule has 0 aliphatic carbocycles. The maximum Gasteiger partial charge on any atom is 0.209 e. The number of methoxy groups -OCH3 is 2. The van der Waals surface area contributed by atoms with Gasteiger partial charge in [0, 0.05) is 20.0 Å². The van der Waals surface area contributed by atoms with Gasteiger partial charge < -0.3 is 9.47 Å². The van der Waals surface area contributed by atoms with Gasteiger partial charge in [-0.25, -0.2) is 13.1 Å². The normalized spacial score (nSPS) is 12.5. The zero-order valence-corrected chi connectivity index (χ0v) is 13.6. The monoisotopic (exact) mass is 324 g/mol. The van der Waals surface area contributed by atoms with Crippen molar-refractivity contribution < 1.29 is 17.9 Å². The Bertz CT molecular complexity index is 499. The Morgan fingerprint density at radius 2 is 1.95 bits per heavy atom. The van der Waals surface area contributed by atoms with E-state index in [1.807, 2.05) is 0 Å². The van der Waals surface area contributed by atoms with Crippen LogP contribution >= 0.6 is 11.8 Å². The molecule has 0 aromatic carbocycles. The third-order valence-corrected chi connectivity index (χ3v) is 6.09. The van der Waals surface area contributed by atoms with Crippen molar-refractivity contribution in [1.82, 2.24) is 20.2 Å². The lowest BCUT2D eigenvalue weighted by Crippen LogP contribution is -2.22. The lowest BCUT2D eigenvalue weighted by Gasteiger charge is -2.13. The standard InChI is InChI=1S/C10H20N4O4S2/c1-8(2)20(15,16)6-5-19-10-11-12-13-14(10)7-9(17-3)18-4/h8-9H,5-7H2,1-4H3. The van der Waals surface area contributed by atoms with Crippen molar-refractivity contribution in [3.8, 4) is 0 Å². The number of nitrogens with zero attached hydrogens (tertiary/aromatic N) is 4. The van der Waals surface area contributed by atoms with E-state index in [2.05, 4.69) is 15.5 Å². The molecule has 0 N–H and O–H groups in total. The molecule has 1 aromatic heterocycles. The second kappa shape index (κ2) is 7.91. The van der Waals surface area contributed by atoms with Crippen LogP contribution in [0.15, 0.2) is 5.16 Å². The van der Waals surface area contributed by atoms with Crippen molar-refractivity contribution >= 4 is 21.6 Å². The van der Waals surface area contributed by atoms with E-state index in [1.165, 1.54) is 30.7 Å². The summed E-state index contributed by atoms with van der Waals surface area (Å²) in [7, 11) is 0.0119. The van der Waals surface area contributed by atoms with Crippen LogP contribution in [-0.4, -0.2) is 65.9 Å². The minimum absolute atomic E-state index is 0.0974. The summed E-state index contributed by atoms with van der Waals surface area (Å²) < 4.78 is 35.1. The molecule has 1 rings (SSSR count). The lowest BCUT2D eigenvalue weighted by atomic mass is 10.6. The fraction of sp³-hybridized carbons (Fsp3) is 0.900. The molecule has 0 fully saturated rings. The van der Waals surface area contributed by atoms with E-state index in [0.29, 0.717) is 17.5 Å². The van der Waals surface area contributed by atoms with Crippen molar-refractivity contribution in [2.75, 3.05) is 25.7 Å². The molecule has 0 atom stereocenters. The molecule has 0 saturated heterocycles. The van der Waals surface area contributed by atoms with Gasteiger partial charge in [-0.2, -0.15) is 0 Å². The fourth-order valence-corrected chi connectivity index (χ4v) is 3.56. The summed E-state index contributed by atoms with van der Waals surface area (Å²) in [5.41, 5.74) is 0. The zero-order valence-electron chi connectivity index (χ0n) is 12.0. The minimum Gasteiger partial charge on any atom is -0.354 e. The van der Waals surface area contributed by atoms with Gasteiger partial charge in [-0.3, -0.25) is 0 Å². The number of rotatable bonds is 9. The molecule has 20 heavy (non-hydrogen) atoms. The number of hydrogen-bond acceptors (Lipinski definition) is 8. The molecule has 0 amide bonds. The molecule has 116 valence electrons. The number of hydrogen-bond donors (Lipinski definition) is 0. The molecule has 8 nitrogen and oxygen atoms in total. The first-order valence-corrected chi connectivity index (χ1v) is 8.77. The number of thioether (sulfide) groups is 1. The molecule has 0 aliphatic heterocycles. The van der Waals surface area contributed by atoms with Crippen molar-refractivity contribution in [1.29, 1.82) is 0 Å². The molecule has 10 heteroatoms. The van der Waals surface area contributed by atoms with Crippen LogP contribution < -0.4 is 0 Å². The second-order valence-electron chi connectivity index (χ2n) is 4.31. The summed E-state index contributed by atoms with van der Waals surface area (Å²) in [6.45, 7) is 3.69. The van der Waals surface area contributed by atoms with Gasteiger partial charge in [0.25, 0.3) is 0 Å². The Balaban J connectivity index is 2.56. The van der Waals surface area contributed by atoms with Gasteiger partial charge in [0.05, 0.1) is 17.5 Å². The molecule has 1 aromatic rings. The van der Waals surface area contributed by atoms with Crippen LogP contribution in [0.3, 0.4) is 0 Å². The third kappa shape index (κ3) is 5.00. The van der Waals surface area contributed by atoms with Gasteiger partial charge >= 0.3 is 0 Å². The SMILES string of the molecule is COC(Cn1nnnc1SCCS(=O)(=O)C(C)C)OC. The summed E-state index contributed by atoms with van der Waals surface area (Å²) in [6.07, 6.45) is -0.447. The van der Waals surface area contributed by atoms with E-state index in [1.54, 1.807) is 13.8 Å². The number of sulfone groups is 1. The molecule has 0 bridgehead atoms. The van der Waals surface area contributed by atoms with Gasteiger partial charge in [-0.05, 0) is 24.3 Å². The molecule has 0 aliphatic rings. The van der Waals surface area contributed by atoms with E-state index in [9.17, 15) is 8.42 Å². The number of tetrazole rings is 1. The summed E-state index contributed by atoms with van der Waals surface area (Å²) >= 11 is 1.30. The van der Waals surface area contributed by atoms with Crippen molar-refractivity contribution in [3.05, 3.63) is 0 Å². The predicted octanol–water partition coefficient (Wildman–Crippen LogP) is 0.207. The Morgan fingerprint density at radius 1 is 1.30 bits per heavy atom. The van der Waals surface area contributed by atoms with Crippen LogP contribution in [0.5, 0.6) is 0 Å². The van der Waals surface area contributed by atoms with Gasteiger partial charge in [0.1, 0.15) is 0 Å². The molecular formula is C10H20N4O4S2. The first-order chi connectivity index (χ1) is 9.40. The molecule has 0 saturated carbocycles. The summed E-state index contributed by atoms with van der Waals surface area (Å²) in [4.78, 5) is 0. The van der Waals surface area contributed by atoms with Crippen LogP contribution in [0.1, 0.15) is 13.8 Å². The number of aromatic nitrogens is 4. The minimum atomic E-state index is -3.04. The lowest BCUT2D eigenvalue weighted by molar-refractivity contribution is -0.113. The summed E-state index contributed by atoms with van der Waals surface area (Å²) in [5.74, 6) is 0.506. The van der Waals surface area contributed by atoms with Crippen LogP contribution in [0.2, 0.25) is 0 Å². The molecule has 0 unspecified atom stereocenters. The largest absolute Gasteiger partial charge is 0.354 e. The van der Waals surface area contributed by atoms with Crippen LogP contribution in [-0.2, 0) is 25.9 Å². The maximum atomic E-state index is 11.7. The molecular weight excluding hydrogens is 304 g/mol. The Kier molecular flexibility index (Phi) is 6.86. The Labute approximate surface area is 123 Å². The topological polar surface area (TPSA) is 96.2 Å². The molecule has 0 spiro atoms. The van der Waals surface area contributed by atoms with Gasteiger partial charge in [0.2, 0.25) is 5.16 Å². The third-order valence-electron chi connectivity index (χ3n) is 2.66. The van der Waals surface area contributed by atoms with Crippen molar-refractivity contribution in [3.63, 3.8) is 0 Å². The van der Waals surface area contributed by atoms with Gasteiger partial charge in [0.15, 0.2) is 16.1 Å². The zero-order chi connectivity index (χ0) is 15.2. The Morgan fingerprint density at radius 3 is 2.50 bits per heavy atom. The fourth-order valence-electron chi connectivity index (χ4n) is 1.29.